The Hall–Kier alpha value is -2.09. The highest BCUT2D eigenvalue weighted by atomic mass is 32.2. The summed E-state index contributed by atoms with van der Waals surface area (Å²) in [6.45, 7) is 1.70. The molecular formula is C9H11N5O2S. The minimum absolute atomic E-state index is 0.0556. The molecule has 0 atom stereocenters. The van der Waals surface area contributed by atoms with E-state index in [4.69, 9.17) is 5.73 Å². The topological polar surface area (TPSA) is 114 Å². The number of nitrogen functional groups attached to an aromatic ring is 1. The molecule has 0 radical (unpaired) electrons. The Morgan fingerprint density at radius 3 is 2.76 bits per heavy atom. The zero-order valence-electron chi connectivity index (χ0n) is 9.01. The van der Waals surface area contributed by atoms with E-state index >= 15 is 0 Å². The number of nitrogens with one attached hydrogen (secondary N) is 2. The molecule has 7 nitrogen and oxygen atoms in total. The fraction of sp³-hybridized carbons (Fsp3) is 0.111. The lowest BCUT2D eigenvalue weighted by molar-refractivity contribution is 0.600. The molecule has 0 saturated carbocycles. The fourth-order valence-electron chi connectivity index (χ4n) is 1.21. The first kappa shape index (κ1) is 11.4. The van der Waals surface area contributed by atoms with Crippen molar-refractivity contribution in [2.75, 3.05) is 10.5 Å². The third-order valence-corrected chi connectivity index (χ3v) is 3.49. The Morgan fingerprint density at radius 2 is 2.24 bits per heavy atom. The van der Waals surface area contributed by atoms with E-state index in [1.54, 1.807) is 6.92 Å². The number of H-pyrrole nitrogens is 1. The van der Waals surface area contributed by atoms with Gasteiger partial charge in [-0.2, -0.15) is 5.10 Å². The van der Waals surface area contributed by atoms with Crippen molar-refractivity contribution in [3.8, 4) is 0 Å². The molecule has 2 aromatic heterocycles. The van der Waals surface area contributed by atoms with Crippen molar-refractivity contribution in [3.05, 3.63) is 30.2 Å². The first-order chi connectivity index (χ1) is 8.00. The van der Waals surface area contributed by atoms with Gasteiger partial charge in [0.1, 0.15) is 4.90 Å². The summed E-state index contributed by atoms with van der Waals surface area (Å²) in [5.74, 6) is 0.0892. The summed E-state index contributed by atoms with van der Waals surface area (Å²) in [6, 6.07) is 2.97. The lowest BCUT2D eigenvalue weighted by Crippen LogP contribution is -2.14. The minimum atomic E-state index is -3.70. The molecule has 0 bridgehead atoms. The van der Waals surface area contributed by atoms with E-state index in [1.165, 1.54) is 24.5 Å². The lowest BCUT2D eigenvalue weighted by Gasteiger charge is -2.05. The van der Waals surface area contributed by atoms with Crippen LogP contribution in [0.2, 0.25) is 0 Å². The van der Waals surface area contributed by atoms with E-state index in [2.05, 4.69) is 19.9 Å². The number of hydrogen-bond donors (Lipinski definition) is 3. The molecule has 4 N–H and O–H groups in total. The summed E-state index contributed by atoms with van der Waals surface area (Å²) in [4.78, 5) is 3.80. The SMILES string of the molecule is Cc1[nH]nc(NS(=O)(=O)c2cccnc2)c1N. The smallest absolute Gasteiger partial charge is 0.264 e. The van der Waals surface area contributed by atoms with Crippen LogP contribution in [0, 0.1) is 6.92 Å². The van der Waals surface area contributed by atoms with E-state index in [0.717, 1.165) is 0 Å². The highest BCUT2D eigenvalue weighted by Gasteiger charge is 2.17. The van der Waals surface area contributed by atoms with Gasteiger partial charge in [-0.15, -0.1) is 0 Å². The lowest BCUT2D eigenvalue weighted by atomic mass is 10.4. The third-order valence-electron chi connectivity index (χ3n) is 2.17. The molecule has 8 heteroatoms. The van der Waals surface area contributed by atoms with Crippen LogP contribution in [0.4, 0.5) is 11.5 Å². The normalized spacial score (nSPS) is 11.4. The quantitative estimate of drug-likeness (QED) is 0.736. The number of aryl methyl sites for hydroxylation is 1. The summed E-state index contributed by atoms with van der Waals surface area (Å²) in [5.41, 5.74) is 6.53. The molecule has 2 heterocycles. The van der Waals surface area contributed by atoms with Crippen LogP contribution in [0.1, 0.15) is 5.69 Å². The Balaban J connectivity index is 2.34. The highest BCUT2D eigenvalue weighted by molar-refractivity contribution is 7.92. The van der Waals surface area contributed by atoms with E-state index in [0.29, 0.717) is 5.69 Å². The van der Waals surface area contributed by atoms with Gasteiger partial charge in [-0.3, -0.25) is 14.8 Å². The monoisotopic (exact) mass is 253 g/mol. The average Bonchev–Trinajstić information content (AvgIpc) is 2.62. The van der Waals surface area contributed by atoms with Gasteiger partial charge in [0, 0.05) is 12.4 Å². The van der Waals surface area contributed by atoms with Gasteiger partial charge in [0.05, 0.1) is 11.4 Å². The largest absolute Gasteiger partial charge is 0.394 e. The van der Waals surface area contributed by atoms with Crippen LogP contribution in [-0.4, -0.2) is 23.6 Å². The Morgan fingerprint density at radius 1 is 1.47 bits per heavy atom. The van der Waals surface area contributed by atoms with Crippen LogP contribution in [0.5, 0.6) is 0 Å². The standard InChI is InChI=1S/C9H11N5O2S/c1-6-8(10)9(13-12-6)14-17(15,16)7-3-2-4-11-5-7/h2-5H,10H2,1H3,(H2,12,13,14). The van der Waals surface area contributed by atoms with Crippen LogP contribution in [0.3, 0.4) is 0 Å². The van der Waals surface area contributed by atoms with Crippen molar-refractivity contribution < 1.29 is 8.42 Å². The maximum absolute atomic E-state index is 11.9. The van der Waals surface area contributed by atoms with E-state index in [-0.39, 0.29) is 16.4 Å². The molecule has 0 spiro atoms. The van der Waals surface area contributed by atoms with Crippen molar-refractivity contribution in [2.45, 2.75) is 11.8 Å². The number of aromatic nitrogens is 3. The summed E-state index contributed by atoms with van der Waals surface area (Å²) < 4.78 is 26.1. The number of nitrogens with two attached hydrogens (primary N) is 1. The number of nitrogens with zero attached hydrogens (tertiary/aromatic N) is 2. The number of hydrogen-bond acceptors (Lipinski definition) is 5. The van der Waals surface area contributed by atoms with Gasteiger partial charge < -0.3 is 5.73 Å². The summed E-state index contributed by atoms with van der Waals surface area (Å²) in [6.07, 6.45) is 2.74. The zero-order chi connectivity index (χ0) is 12.5. The van der Waals surface area contributed by atoms with Gasteiger partial charge in [0.2, 0.25) is 0 Å². The molecule has 0 saturated heterocycles. The van der Waals surface area contributed by atoms with E-state index in [9.17, 15) is 8.42 Å². The van der Waals surface area contributed by atoms with Gasteiger partial charge in [-0.05, 0) is 19.1 Å². The molecular weight excluding hydrogens is 242 g/mol. The van der Waals surface area contributed by atoms with Gasteiger partial charge in [-0.1, -0.05) is 0 Å². The molecule has 17 heavy (non-hydrogen) atoms. The molecule has 0 unspecified atom stereocenters. The van der Waals surface area contributed by atoms with Crippen LogP contribution in [0.25, 0.3) is 0 Å². The molecule has 0 aliphatic carbocycles. The van der Waals surface area contributed by atoms with Gasteiger partial charge in [-0.25, -0.2) is 8.42 Å². The molecule has 2 aromatic rings. The number of aromatic amines is 1. The minimum Gasteiger partial charge on any atom is -0.394 e. The number of anilines is 2. The fourth-order valence-corrected chi connectivity index (χ4v) is 2.19. The molecule has 0 aromatic carbocycles. The predicted octanol–water partition coefficient (Wildman–Crippen LogP) is 0.496. The average molecular weight is 253 g/mol. The third kappa shape index (κ3) is 2.21. The second-order valence-electron chi connectivity index (χ2n) is 3.41. The maximum atomic E-state index is 11.9. The van der Waals surface area contributed by atoms with E-state index in [1.807, 2.05) is 0 Å². The molecule has 0 aliphatic heterocycles. The van der Waals surface area contributed by atoms with Crippen LogP contribution in [0.15, 0.2) is 29.4 Å². The highest BCUT2D eigenvalue weighted by Crippen LogP contribution is 2.21. The van der Waals surface area contributed by atoms with Gasteiger partial charge >= 0.3 is 0 Å². The Kier molecular flexibility index (Phi) is 2.72. The summed E-state index contributed by atoms with van der Waals surface area (Å²) >= 11 is 0. The molecule has 0 aliphatic rings. The Bertz CT molecular complexity index is 620. The summed E-state index contributed by atoms with van der Waals surface area (Å²) in [7, 11) is -3.70. The second-order valence-corrected chi connectivity index (χ2v) is 5.09. The van der Waals surface area contributed by atoms with Crippen molar-refractivity contribution in [1.29, 1.82) is 0 Å². The van der Waals surface area contributed by atoms with Gasteiger partial charge in [0.15, 0.2) is 5.82 Å². The van der Waals surface area contributed by atoms with Crippen molar-refractivity contribution >= 4 is 21.5 Å². The molecule has 90 valence electrons. The van der Waals surface area contributed by atoms with Crippen molar-refractivity contribution in [3.63, 3.8) is 0 Å². The molecule has 0 amide bonds. The zero-order valence-corrected chi connectivity index (χ0v) is 9.82. The van der Waals surface area contributed by atoms with Crippen LogP contribution < -0.4 is 10.5 Å². The number of sulfonamides is 1. The predicted molar refractivity (Wildman–Crippen MR) is 62.8 cm³/mol. The first-order valence-corrected chi connectivity index (χ1v) is 6.22. The number of rotatable bonds is 3. The second kappa shape index (κ2) is 4.06. The van der Waals surface area contributed by atoms with E-state index < -0.39 is 10.0 Å². The Labute approximate surface area is 98.1 Å². The molecule has 2 rings (SSSR count). The first-order valence-electron chi connectivity index (χ1n) is 4.74. The number of pyridine rings is 1. The van der Waals surface area contributed by atoms with Crippen LogP contribution in [-0.2, 0) is 10.0 Å². The van der Waals surface area contributed by atoms with Gasteiger partial charge in [0.25, 0.3) is 10.0 Å². The van der Waals surface area contributed by atoms with Crippen LogP contribution >= 0.6 is 0 Å². The van der Waals surface area contributed by atoms with Crippen molar-refractivity contribution in [2.24, 2.45) is 0 Å². The molecule has 0 fully saturated rings. The maximum Gasteiger partial charge on any atom is 0.264 e. The van der Waals surface area contributed by atoms with Crippen molar-refractivity contribution in [1.82, 2.24) is 15.2 Å². The summed E-state index contributed by atoms with van der Waals surface area (Å²) in [5, 5.41) is 6.36.